The van der Waals surface area contributed by atoms with Crippen molar-refractivity contribution in [2.45, 2.75) is 91.0 Å². The molecule has 0 aromatic heterocycles. The Morgan fingerprint density at radius 3 is 1.90 bits per heavy atom. The third kappa shape index (κ3) is 11.3. The molecule has 0 rings (SSSR count). The van der Waals surface area contributed by atoms with Gasteiger partial charge in [0.2, 0.25) is 5.91 Å². The smallest absolute Gasteiger partial charge is 0.220 e. The summed E-state index contributed by atoms with van der Waals surface area (Å²) in [5.74, 6) is 0.368. The first-order chi connectivity index (χ1) is 9.61. The van der Waals surface area contributed by atoms with E-state index in [9.17, 15) is 4.79 Å². The van der Waals surface area contributed by atoms with Crippen molar-refractivity contribution in [2.24, 2.45) is 5.92 Å². The first-order valence-electron chi connectivity index (χ1n) is 8.52. The zero-order valence-corrected chi connectivity index (χ0v) is 13.8. The summed E-state index contributed by atoms with van der Waals surface area (Å²) in [5.41, 5.74) is 0. The monoisotopic (exact) mass is 285 g/mol. The molecule has 0 aliphatic rings. The van der Waals surface area contributed by atoms with Crippen LogP contribution in [0.1, 0.15) is 85.0 Å². The number of aliphatic hydroxyl groups is 1. The fraction of sp³-hybridized carbons (Fsp3) is 0.941. The average Bonchev–Trinajstić information content (AvgIpc) is 2.42. The summed E-state index contributed by atoms with van der Waals surface area (Å²) in [4.78, 5) is 11.7. The molecule has 3 nitrogen and oxygen atoms in total. The van der Waals surface area contributed by atoms with Gasteiger partial charge in [-0.15, -0.1) is 0 Å². The van der Waals surface area contributed by atoms with Crippen molar-refractivity contribution in [3.63, 3.8) is 0 Å². The second-order valence-electron chi connectivity index (χ2n) is 6.18. The second-order valence-corrected chi connectivity index (χ2v) is 6.18. The Labute approximate surface area is 125 Å². The number of nitrogens with one attached hydrogen (secondary N) is 1. The zero-order chi connectivity index (χ0) is 15.2. The van der Waals surface area contributed by atoms with Gasteiger partial charge in [0.1, 0.15) is 0 Å². The van der Waals surface area contributed by atoms with E-state index in [-0.39, 0.29) is 24.5 Å². The van der Waals surface area contributed by atoms with Crippen LogP contribution in [0.2, 0.25) is 0 Å². The van der Waals surface area contributed by atoms with Crippen molar-refractivity contribution in [1.82, 2.24) is 5.32 Å². The molecule has 1 amide bonds. The van der Waals surface area contributed by atoms with Gasteiger partial charge in [-0.2, -0.15) is 0 Å². The van der Waals surface area contributed by atoms with Crippen molar-refractivity contribution in [2.75, 3.05) is 6.61 Å². The van der Waals surface area contributed by atoms with Gasteiger partial charge in [0.15, 0.2) is 0 Å². The van der Waals surface area contributed by atoms with Gasteiger partial charge in [0.05, 0.1) is 12.6 Å². The Balaban J connectivity index is 3.39. The van der Waals surface area contributed by atoms with Crippen LogP contribution in [-0.2, 0) is 4.79 Å². The van der Waals surface area contributed by atoms with E-state index < -0.39 is 0 Å². The average molecular weight is 285 g/mol. The summed E-state index contributed by atoms with van der Waals surface area (Å²) in [6.07, 6.45) is 12.0. The van der Waals surface area contributed by atoms with E-state index in [1.165, 1.54) is 44.9 Å². The lowest BCUT2D eigenvalue weighted by atomic mass is 10.0. The van der Waals surface area contributed by atoms with Gasteiger partial charge in [-0.05, 0) is 12.3 Å². The molecule has 0 aromatic carbocycles. The van der Waals surface area contributed by atoms with Crippen molar-refractivity contribution in [1.29, 1.82) is 0 Å². The Bertz CT molecular complexity index is 229. The number of unbranched alkanes of at least 4 members (excludes halogenated alkanes) is 8. The lowest BCUT2D eigenvalue weighted by Gasteiger charge is -2.19. The Hall–Kier alpha value is -0.570. The largest absolute Gasteiger partial charge is 0.394 e. The van der Waals surface area contributed by atoms with E-state index in [0.717, 1.165) is 12.8 Å². The molecule has 0 aromatic rings. The van der Waals surface area contributed by atoms with E-state index in [1.807, 2.05) is 13.8 Å². The molecule has 0 fully saturated rings. The number of rotatable bonds is 13. The van der Waals surface area contributed by atoms with Crippen LogP contribution in [0.5, 0.6) is 0 Å². The van der Waals surface area contributed by atoms with Crippen LogP contribution in [0, 0.1) is 5.92 Å². The molecule has 0 aliphatic carbocycles. The van der Waals surface area contributed by atoms with E-state index >= 15 is 0 Å². The van der Waals surface area contributed by atoms with Crippen LogP contribution in [0.3, 0.4) is 0 Å². The molecule has 0 radical (unpaired) electrons. The maximum atomic E-state index is 11.7. The summed E-state index contributed by atoms with van der Waals surface area (Å²) >= 11 is 0. The molecular weight excluding hydrogens is 250 g/mol. The number of amides is 1. The lowest BCUT2D eigenvalue weighted by molar-refractivity contribution is -0.122. The number of carbonyl (C=O) groups excluding carboxylic acids is 1. The molecule has 1 atom stereocenters. The molecule has 0 heterocycles. The summed E-state index contributed by atoms with van der Waals surface area (Å²) in [5, 5.41) is 12.1. The molecule has 0 saturated carbocycles. The topological polar surface area (TPSA) is 49.3 Å². The molecule has 20 heavy (non-hydrogen) atoms. The summed E-state index contributed by atoms with van der Waals surface area (Å²) in [6.45, 7) is 6.30. The minimum Gasteiger partial charge on any atom is -0.394 e. The Morgan fingerprint density at radius 1 is 0.950 bits per heavy atom. The molecule has 0 spiro atoms. The van der Waals surface area contributed by atoms with E-state index in [1.54, 1.807) is 0 Å². The minimum absolute atomic E-state index is 0.0289. The maximum Gasteiger partial charge on any atom is 0.220 e. The van der Waals surface area contributed by atoms with Gasteiger partial charge >= 0.3 is 0 Å². The van der Waals surface area contributed by atoms with Crippen molar-refractivity contribution >= 4 is 5.91 Å². The normalized spacial score (nSPS) is 12.7. The summed E-state index contributed by atoms with van der Waals surface area (Å²) in [7, 11) is 0. The number of hydrogen-bond donors (Lipinski definition) is 2. The standard InChI is InChI=1S/C17H35NO2/c1-4-5-6-7-8-9-10-11-12-13-17(20)18-16(14-19)15(2)3/h15-16,19H,4-14H2,1-3H3,(H,18,20)/t16-/m1/s1. The van der Waals surface area contributed by atoms with Crippen LogP contribution in [0.15, 0.2) is 0 Å². The van der Waals surface area contributed by atoms with Gasteiger partial charge in [0, 0.05) is 6.42 Å². The summed E-state index contributed by atoms with van der Waals surface area (Å²) in [6, 6.07) is -0.0962. The minimum atomic E-state index is -0.0962. The molecule has 0 unspecified atom stereocenters. The molecule has 120 valence electrons. The quantitative estimate of drug-likeness (QED) is 0.502. The first kappa shape index (κ1) is 19.4. The van der Waals surface area contributed by atoms with Crippen molar-refractivity contribution in [3.05, 3.63) is 0 Å². The number of aliphatic hydroxyl groups excluding tert-OH is 1. The fourth-order valence-corrected chi connectivity index (χ4v) is 2.30. The molecule has 0 aliphatic heterocycles. The van der Waals surface area contributed by atoms with E-state index in [4.69, 9.17) is 5.11 Å². The highest BCUT2D eigenvalue weighted by molar-refractivity contribution is 5.76. The van der Waals surface area contributed by atoms with Gasteiger partial charge in [-0.1, -0.05) is 72.1 Å². The van der Waals surface area contributed by atoms with Crippen LogP contribution in [-0.4, -0.2) is 23.7 Å². The second kappa shape index (κ2) is 13.4. The highest BCUT2D eigenvalue weighted by Crippen LogP contribution is 2.10. The molecule has 3 heteroatoms. The van der Waals surface area contributed by atoms with Gasteiger partial charge in [-0.3, -0.25) is 4.79 Å². The van der Waals surface area contributed by atoms with Crippen molar-refractivity contribution in [3.8, 4) is 0 Å². The Kier molecular flexibility index (Phi) is 13.0. The van der Waals surface area contributed by atoms with Crippen LogP contribution >= 0.6 is 0 Å². The third-order valence-electron chi connectivity index (χ3n) is 3.86. The number of hydrogen-bond acceptors (Lipinski definition) is 2. The van der Waals surface area contributed by atoms with Gasteiger partial charge in [0.25, 0.3) is 0 Å². The summed E-state index contributed by atoms with van der Waals surface area (Å²) < 4.78 is 0. The Morgan fingerprint density at radius 2 is 1.45 bits per heavy atom. The molecule has 0 bridgehead atoms. The van der Waals surface area contributed by atoms with Crippen molar-refractivity contribution < 1.29 is 9.90 Å². The lowest BCUT2D eigenvalue weighted by Crippen LogP contribution is -2.41. The predicted molar refractivity (Wildman–Crippen MR) is 85.7 cm³/mol. The van der Waals surface area contributed by atoms with Crippen LogP contribution < -0.4 is 5.32 Å². The zero-order valence-electron chi connectivity index (χ0n) is 13.8. The van der Waals surface area contributed by atoms with E-state index in [2.05, 4.69) is 12.2 Å². The third-order valence-corrected chi connectivity index (χ3v) is 3.86. The van der Waals surface area contributed by atoms with E-state index in [0.29, 0.717) is 6.42 Å². The maximum absolute atomic E-state index is 11.7. The molecule has 0 saturated heterocycles. The highest BCUT2D eigenvalue weighted by Gasteiger charge is 2.14. The highest BCUT2D eigenvalue weighted by atomic mass is 16.3. The molecular formula is C17H35NO2. The van der Waals surface area contributed by atoms with Gasteiger partial charge < -0.3 is 10.4 Å². The molecule has 2 N–H and O–H groups in total. The SMILES string of the molecule is CCCCCCCCCCCC(=O)N[C@H](CO)C(C)C. The van der Waals surface area contributed by atoms with Crippen LogP contribution in [0.4, 0.5) is 0 Å². The fourth-order valence-electron chi connectivity index (χ4n) is 2.30. The first-order valence-corrected chi connectivity index (χ1v) is 8.52. The van der Waals surface area contributed by atoms with Gasteiger partial charge in [-0.25, -0.2) is 0 Å². The predicted octanol–water partition coefficient (Wildman–Crippen LogP) is 4.04. The number of carbonyl (C=O) groups is 1. The van der Waals surface area contributed by atoms with Crippen LogP contribution in [0.25, 0.3) is 0 Å².